The van der Waals surface area contributed by atoms with E-state index in [0.29, 0.717) is 10.6 Å². The van der Waals surface area contributed by atoms with Crippen LogP contribution in [0.1, 0.15) is 36.5 Å². The van der Waals surface area contributed by atoms with Gasteiger partial charge in [0.1, 0.15) is 0 Å². The molecule has 1 aromatic carbocycles. The monoisotopic (exact) mass is 222 g/mol. The number of hydrogen-bond acceptors (Lipinski definition) is 1. The van der Waals surface area contributed by atoms with Gasteiger partial charge < -0.3 is 0 Å². The smallest absolute Gasteiger partial charge is 0.185 e. The van der Waals surface area contributed by atoms with Gasteiger partial charge in [-0.05, 0) is 36.8 Å². The molecule has 0 amide bonds. The minimum atomic E-state index is 0.0442. The Balaban J connectivity index is 2.53. The molecule has 2 heteroatoms. The van der Waals surface area contributed by atoms with E-state index in [0.717, 1.165) is 19.3 Å². The first-order valence-electron chi connectivity index (χ1n) is 5.20. The molecule has 0 saturated carbocycles. The average Bonchev–Trinajstić information content (AvgIpc) is 2.25. The lowest BCUT2D eigenvalue weighted by Crippen LogP contribution is -1.92. The molecule has 0 saturated heterocycles. The standard InChI is InChI=1S/C13H15ClO/c1-2-3-4-5-6-13(15)11-7-9-12(14)10-8-11/h5-10H,2-4H2,1H3/b6-5+. The van der Waals surface area contributed by atoms with Gasteiger partial charge in [0.15, 0.2) is 5.78 Å². The zero-order chi connectivity index (χ0) is 11.1. The maximum absolute atomic E-state index is 11.6. The van der Waals surface area contributed by atoms with Crippen molar-refractivity contribution in [2.45, 2.75) is 26.2 Å². The van der Waals surface area contributed by atoms with Crippen LogP contribution >= 0.6 is 11.6 Å². The van der Waals surface area contributed by atoms with E-state index in [1.807, 2.05) is 6.08 Å². The number of rotatable bonds is 5. The van der Waals surface area contributed by atoms with Crippen LogP contribution < -0.4 is 0 Å². The molecule has 0 aliphatic rings. The zero-order valence-electron chi connectivity index (χ0n) is 8.87. The largest absolute Gasteiger partial charge is 0.289 e. The highest BCUT2D eigenvalue weighted by molar-refractivity contribution is 6.30. The van der Waals surface area contributed by atoms with Gasteiger partial charge in [0, 0.05) is 10.6 Å². The van der Waals surface area contributed by atoms with Gasteiger partial charge in [-0.2, -0.15) is 0 Å². The number of hydrogen-bond donors (Lipinski definition) is 0. The van der Waals surface area contributed by atoms with Crippen molar-refractivity contribution in [3.63, 3.8) is 0 Å². The van der Waals surface area contributed by atoms with Crippen LogP contribution in [0.15, 0.2) is 36.4 Å². The zero-order valence-corrected chi connectivity index (χ0v) is 9.63. The molecule has 0 aliphatic heterocycles. The van der Waals surface area contributed by atoms with Crippen molar-refractivity contribution >= 4 is 17.4 Å². The molecule has 0 unspecified atom stereocenters. The summed E-state index contributed by atoms with van der Waals surface area (Å²) in [5.41, 5.74) is 0.687. The van der Waals surface area contributed by atoms with Crippen LogP contribution in [-0.2, 0) is 0 Å². The molecule has 0 radical (unpaired) electrons. The summed E-state index contributed by atoms with van der Waals surface area (Å²) >= 11 is 5.73. The third-order valence-electron chi connectivity index (χ3n) is 2.12. The van der Waals surface area contributed by atoms with Crippen LogP contribution in [0.5, 0.6) is 0 Å². The molecule has 0 heterocycles. The first kappa shape index (κ1) is 12.0. The van der Waals surface area contributed by atoms with Crippen molar-refractivity contribution in [3.05, 3.63) is 47.0 Å². The van der Waals surface area contributed by atoms with E-state index in [4.69, 9.17) is 11.6 Å². The van der Waals surface area contributed by atoms with Gasteiger partial charge >= 0.3 is 0 Å². The SMILES string of the molecule is CCCC/C=C/C(=O)c1ccc(Cl)cc1. The first-order valence-corrected chi connectivity index (χ1v) is 5.58. The molecule has 0 atom stereocenters. The van der Waals surface area contributed by atoms with Gasteiger partial charge in [0.2, 0.25) is 0 Å². The number of carbonyl (C=O) groups is 1. The third kappa shape index (κ3) is 4.30. The second kappa shape index (κ2) is 6.41. The van der Waals surface area contributed by atoms with E-state index >= 15 is 0 Å². The quantitative estimate of drug-likeness (QED) is 0.413. The minimum absolute atomic E-state index is 0.0442. The molecule has 15 heavy (non-hydrogen) atoms. The molecule has 0 aliphatic carbocycles. The Hall–Kier alpha value is -1.08. The number of allylic oxidation sites excluding steroid dienone is 2. The van der Waals surface area contributed by atoms with E-state index in [2.05, 4.69) is 6.92 Å². The van der Waals surface area contributed by atoms with Crippen molar-refractivity contribution < 1.29 is 4.79 Å². The van der Waals surface area contributed by atoms with Crippen LogP contribution in [-0.4, -0.2) is 5.78 Å². The Morgan fingerprint density at radius 3 is 2.60 bits per heavy atom. The number of carbonyl (C=O) groups excluding carboxylic acids is 1. The number of ketones is 1. The van der Waals surface area contributed by atoms with Gasteiger partial charge in [-0.3, -0.25) is 4.79 Å². The van der Waals surface area contributed by atoms with Gasteiger partial charge in [0.25, 0.3) is 0 Å². The van der Waals surface area contributed by atoms with E-state index < -0.39 is 0 Å². The molecule has 80 valence electrons. The Kier molecular flexibility index (Phi) is 5.13. The molecule has 0 fully saturated rings. The summed E-state index contributed by atoms with van der Waals surface area (Å²) in [6, 6.07) is 6.95. The van der Waals surface area contributed by atoms with Crippen molar-refractivity contribution in [1.29, 1.82) is 0 Å². The summed E-state index contributed by atoms with van der Waals surface area (Å²) in [4.78, 5) is 11.6. The molecular weight excluding hydrogens is 208 g/mol. The van der Waals surface area contributed by atoms with Crippen molar-refractivity contribution in [1.82, 2.24) is 0 Å². The minimum Gasteiger partial charge on any atom is -0.289 e. The predicted octanol–water partition coefficient (Wildman–Crippen LogP) is 4.27. The van der Waals surface area contributed by atoms with E-state index in [1.165, 1.54) is 0 Å². The molecule has 0 spiro atoms. The van der Waals surface area contributed by atoms with Gasteiger partial charge in [-0.25, -0.2) is 0 Å². The van der Waals surface area contributed by atoms with Crippen molar-refractivity contribution in [2.24, 2.45) is 0 Å². The molecule has 1 rings (SSSR count). The molecule has 0 bridgehead atoms. The highest BCUT2D eigenvalue weighted by atomic mass is 35.5. The molecule has 0 N–H and O–H groups in total. The summed E-state index contributed by atoms with van der Waals surface area (Å²) in [6.45, 7) is 2.13. The predicted molar refractivity (Wildman–Crippen MR) is 64.4 cm³/mol. The Labute approximate surface area is 95.8 Å². The number of unbranched alkanes of at least 4 members (excludes halogenated alkanes) is 2. The average molecular weight is 223 g/mol. The summed E-state index contributed by atoms with van der Waals surface area (Å²) in [6.07, 6.45) is 6.82. The van der Waals surface area contributed by atoms with Crippen LogP contribution in [0.2, 0.25) is 5.02 Å². The Bertz CT molecular complexity index is 338. The van der Waals surface area contributed by atoms with Crippen LogP contribution in [0, 0.1) is 0 Å². The highest BCUT2D eigenvalue weighted by Crippen LogP contribution is 2.10. The van der Waals surface area contributed by atoms with E-state index in [9.17, 15) is 4.79 Å². The summed E-state index contributed by atoms with van der Waals surface area (Å²) in [5, 5.41) is 0.654. The lowest BCUT2D eigenvalue weighted by atomic mass is 10.1. The molecule has 1 aromatic rings. The Morgan fingerprint density at radius 1 is 1.33 bits per heavy atom. The van der Waals surface area contributed by atoms with Gasteiger partial charge in [-0.1, -0.05) is 37.4 Å². The molecule has 0 aromatic heterocycles. The second-order valence-electron chi connectivity index (χ2n) is 3.42. The fraction of sp³-hybridized carbons (Fsp3) is 0.308. The highest BCUT2D eigenvalue weighted by Gasteiger charge is 1.99. The lowest BCUT2D eigenvalue weighted by molar-refractivity contribution is 0.104. The van der Waals surface area contributed by atoms with Gasteiger partial charge in [0.05, 0.1) is 0 Å². The first-order chi connectivity index (χ1) is 7.24. The van der Waals surface area contributed by atoms with Crippen molar-refractivity contribution in [2.75, 3.05) is 0 Å². The van der Waals surface area contributed by atoms with Crippen molar-refractivity contribution in [3.8, 4) is 0 Å². The lowest BCUT2D eigenvalue weighted by Gasteiger charge is -1.95. The third-order valence-corrected chi connectivity index (χ3v) is 2.37. The van der Waals surface area contributed by atoms with Crippen LogP contribution in [0.25, 0.3) is 0 Å². The summed E-state index contributed by atoms with van der Waals surface area (Å²) in [5.74, 6) is 0.0442. The summed E-state index contributed by atoms with van der Waals surface area (Å²) in [7, 11) is 0. The van der Waals surface area contributed by atoms with E-state index in [-0.39, 0.29) is 5.78 Å². The van der Waals surface area contributed by atoms with Crippen LogP contribution in [0.3, 0.4) is 0 Å². The fourth-order valence-corrected chi connectivity index (χ4v) is 1.35. The number of halogens is 1. The molecule has 1 nitrogen and oxygen atoms in total. The van der Waals surface area contributed by atoms with Crippen LogP contribution in [0.4, 0.5) is 0 Å². The molecular formula is C13H15ClO. The van der Waals surface area contributed by atoms with Gasteiger partial charge in [-0.15, -0.1) is 0 Å². The topological polar surface area (TPSA) is 17.1 Å². The number of benzene rings is 1. The Morgan fingerprint density at radius 2 is 2.00 bits per heavy atom. The van der Waals surface area contributed by atoms with E-state index in [1.54, 1.807) is 30.3 Å². The maximum Gasteiger partial charge on any atom is 0.185 e. The summed E-state index contributed by atoms with van der Waals surface area (Å²) < 4.78 is 0. The normalized spacial score (nSPS) is 10.8. The second-order valence-corrected chi connectivity index (χ2v) is 3.85. The fourth-order valence-electron chi connectivity index (χ4n) is 1.22. The maximum atomic E-state index is 11.6.